The van der Waals surface area contributed by atoms with Gasteiger partial charge in [0.05, 0.1) is 11.3 Å². The molecule has 25 heavy (non-hydrogen) atoms. The quantitative estimate of drug-likeness (QED) is 0.556. The van der Waals surface area contributed by atoms with Crippen molar-refractivity contribution in [3.8, 4) is 5.75 Å². The van der Waals surface area contributed by atoms with Crippen molar-refractivity contribution in [3.63, 3.8) is 0 Å². The molecule has 0 aliphatic heterocycles. The van der Waals surface area contributed by atoms with Gasteiger partial charge in [0.2, 0.25) is 12.0 Å². The average molecular weight is 375 g/mol. The molecule has 0 N–H and O–H groups in total. The third-order valence-electron chi connectivity index (χ3n) is 3.80. The van der Waals surface area contributed by atoms with Crippen molar-refractivity contribution < 1.29 is 9.53 Å². The van der Waals surface area contributed by atoms with Crippen LogP contribution in [0.3, 0.4) is 0 Å². The van der Waals surface area contributed by atoms with Crippen molar-refractivity contribution in [2.45, 2.75) is 19.6 Å². The Balaban J connectivity index is 1.93. The van der Waals surface area contributed by atoms with Crippen LogP contribution in [0.15, 0.2) is 61.2 Å². The normalized spacial score (nSPS) is 12.0. The minimum atomic E-state index is -0.909. The molecule has 0 aliphatic carbocycles. The summed E-state index contributed by atoms with van der Waals surface area (Å²) >= 11 is 12.1. The van der Waals surface area contributed by atoms with E-state index in [1.54, 1.807) is 29.1 Å². The molecule has 3 rings (SSSR count). The molecule has 128 valence electrons. The zero-order valence-corrected chi connectivity index (χ0v) is 15.0. The average Bonchev–Trinajstić information content (AvgIpc) is 3.14. The number of aryl methyl sites for hydroxylation is 1. The molecule has 0 spiro atoms. The molecular weight excluding hydrogens is 359 g/mol. The van der Waals surface area contributed by atoms with Gasteiger partial charge >= 0.3 is 0 Å². The van der Waals surface area contributed by atoms with Crippen molar-refractivity contribution in [1.82, 2.24) is 9.55 Å². The molecule has 1 unspecified atom stereocenters. The minimum absolute atomic E-state index is 0.278. The Hall–Kier alpha value is -2.30. The number of ether oxygens (including phenoxy) is 1. The van der Waals surface area contributed by atoms with Crippen LogP contribution in [0.2, 0.25) is 10.0 Å². The van der Waals surface area contributed by atoms with E-state index in [0.29, 0.717) is 16.3 Å². The minimum Gasteiger partial charge on any atom is -0.462 e. The largest absolute Gasteiger partial charge is 0.462 e. The Morgan fingerprint density at radius 1 is 1.20 bits per heavy atom. The third kappa shape index (κ3) is 4.03. The number of ketones is 1. The number of rotatable bonds is 6. The van der Waals surface area contributed by atoms with Crippen LogP contribution in [-0.4, -0.2) is 15.3 Å². The summed E-state index contributed by atoms with van der Waals surface area (Å²) in [5.74, 6) is 0.313. The molecule has 4 nitrogen and oxygen atoms in total. The van der Waals surface area contributed by atoms with Gasteiger partial charge < -0.3 is 4.74 Å². The Morgan fingerprint density at radius 3 is 2.56 bits per heavy atom. The summed E-state index contributed by atoms with van der Waals surface area (Å²) in [5, 5.41) is 0.754. The zero-order chi connectivity index (χ0) is 17.8. The van der Waals surface area contributed by atoms with E-state index >= 15 is 0 Å². The second-order valence-corrected chi connectivity index (χ2v) is 6.31. The Kier molecular flexibility index (Phi) is 5.41. The van der Waals surface area contributed by atoms with E-state index in [-0.39, 0.29) is 10.8 Å². The van der Waals surface area contributed by atoms with Crippen LogP contribution in [0, 0.1) is 0 Å². The van der Waals surface area contributed by atoms with Crippen LogP contribution in [0.1, 0.15) is 29.1 Å². The number of hydrogen-bond acceptors (Lipinski definition) is 3. The SMILES string of the molecule is CCc1ccc(OC(C(=O)c2ccc(Cl)cc2Cl)n2ccnc2)cc1. The van der Waals surface area contributed by atoms with E-state index in [4.69, 9.17) is 27.9 Å². The van der Waals surface area contributed by atoms with Crippen LogP contribution >= 0.6 is 23.2 Å². The molecule has 0 radical (unpaired) electrons. The first kappa shape index (κ1) is 17.5. The molecule has 1 heterocycles. The summed E-state index contributed by atoms with van der Waals surface area (Å²) in [6.45, 7) is 2.08. The standard InChI is InChI=1S/C19H16Cl2N2O2/c1-2-13-3-6-15(7-4-13)25-19(23-10-9-22-12-23)18(24)16-8-5-14(20)11-17(16)21/h3-12,19H,2H2,1H3. The van der Waals surface area contributed by atoms with E-state index in [0.717, 1.165) is 6.42 Å². The van der Waals surface area contributed by atoms with Gasteiger partial charge in [-0.25, -0.2) is 4.98 Å². The first-order chi connectivity index (χ1) is 12.1. The fourth-order valence-corrected chi connectivity index (χ4v) is 2.91. The molecule has 1 aromatic heterocycles. The summed E-state index contributed by atoms with van der Waals surface area (Å²) in [5.41, 5.74) is 1.54. The molecule has 0 fully saturated rings. The lowest BCUT2D eigenvalue weighted by atomic mass is 10.1. The molecule has 0 aliphatic rings. The molecule has 2 aromatic carbocycles. The van der Waals surface area contributed by atoms with E-state index in [9.17, 15) is 4.79 Å². The van der Waals surface area contributed by atoms with Crippen LogP contribution in [0.4, 0.5) is 0 Å². The topological polar surface area (TPSA) is 44.1 Å². The highest BCUT2D eigenvalue weighted by molar-refractivity contribution is 6.36. The Labute approximate surface area is 156 Å². The molecule has 1 atom stereocenters. The van der Waals surface area contributed by atoms with Gasteiger partial charge in [-0.3, -0.25) is 9.36 Å². The number of aromatic nitrogens is 2. The van der Waals surface area contributed by atoms with Gasteiger partial charge in [0.15, 0.2) is 0 Å². The molecule has 6 heteroatoms. The highest BCUT2D eigenvalue weighted by Crippen LogP contribution is 2.27. The molecule has 0 saturated heterocycles. The molecule has 3 aromatic rings. The lowest BCUT2D eigenvalue weighted by Gasteiger charge is -2.20. The second-order valence-electron chi connectivity index (χ2n) is 5.47. The fourth-order valence-electron chi connectivity index (χ4n) is 2.41. The first-order valence-electron chi connectivity index (χ1n) is 7.80. The van der Waals surface area contributed by atoms with Gasteiger partial charge in [-0.05, 0) is 42.3 Å². The Bertz CT molecular complexity index is 862. The lowest BCUT2D eigenvalue weighted by Crippen LogP contribution is -2.24. The number of halogens is 2. The second kappa shape index (κ2) is 7.72. The maximum absolute atomic E-state index is 13.0. The fraction of sp³-hybridized carbons (Fsp3) is 0.158. The number of imidazole rings is 1. The van der Waals surface area contributed by atoms with E-state index in [1.165, 1.54) is 18.0 Å². The van der Waals surface area contributed by atoms with Crippen LogP contribution in [-0.2, 0) is 6.42 Å². The number of nitrogens with zero attached hydrogens (tertiary/aromatic N) is 2. The first-order valence-corrected chi connectivity index (χ1v) is 8.56. The van der Waals surface area contributed by atoms with Crippen molar-refractivity contribution in [1.29, 1.82) is 0 Å². The monoisotopic (exact) mass is 374 g/mol. The van der Waals surface area contributed by atoms with Gasteiger partial charge in [-0.1, -0.05) is 42.3 Å². The number of carbonyl (C=O) groups is 1. The number of carbonyl (C=O) groups excluding carboxylic acids is 1. The molecule has 0 bridgehead atoms. The van der Waals surface area contributed by atoms with Crippen LogP contribution < -0.4 is 4.74 Å². The predicted octanol–water partition coefficient (Wildman–Crippen LogP) is 5.21. The number of hydrogen-bond donors (Lipinski definition) is 0. The smallest absolute Gasteiger partial charge is 0.241 e. The molecule has 0 amide bonds. The maximum Gasteiger partial charge on any atom is 0.241 e. The molecule has 0 saturated carbocycles. The summed E-state index contributed by atoms with van der Waals surface area (Å²) in [4.78, 5) is 17.0. The highest BCUT2D eigenvalue weighted by Gasteiger charge is 2.25. The van der Waals surface area contributed by atoms with Crippen molar-refractivity contribution in [2.24, 2.45) is 0 Å². The molecular formula is C19H16Cl2N2O2. The van der Waals surface area contributed by atoms with Gasteiger partial charge in [0.1, 0.15) is 5.75 Å². The van der Waals surface area contributed by atoms with Gasteiger partial charge in [0.25, 0.3) is 0 Å². The number of Topliss-reactive ketones (excluding diaryl/α,β-unsaturated/α-hetero) is 1. The summed E-state index contributed by atoms with van der Waals surface area (Å²) < 4.78 is 7.54. The van der Waals surface area contributed by atoms with Crippen molar-refractivity contribution >= 4 is 29.0 Å². The van der Waals surface area contributed by atoms with Crippen molar-refractivity contribution in [2.75, 3.05) is 0 Å². The highest BCUT2D eigenvalue weighted by atomic mass is 35.5. The van der Waals surface area contributed by atoms with Gasteiger partial charge in [-0.15, -0.1) is 0 Å². The van der Waals surface area contributed by atoms with Gasteiger partial charge in [0, 0.05) is 23.0 Å². The summed E-state index contributed by atoms with van der Waals surface area (Å²) in [7, 11) is 0. The Morgan fingerprint density at radius 2 is 1.96 bits per heavy atom. The van der Waals surface area contributed by atoms with E-state index in [2.05, 4.69) is 11.9 Å². The summed E-state index contributed by atoms with van der Waals surface area (Å²) in [6, 6.07) is 12.4. The number of benzene rings is 2. The van der Waals surface area contributed by atoms with Gasteiger partial charge in [-0.2, -0.15) is 0 Å². The van der Waals surface area contributed by atoms with Crippen LogP contribution in [0.25, 0.3) is 0 Å². The maximum atomic E-state index is 13.0. The predicted molar refractivity (Wildman–Crippen MR) is 98.5 cm³/mol. The zero-order valence-electron chi connectivity index (χ0n) is 13.5. The summed E-state index contributed by atoms with van der Waals surface area (Å²) in [6.07, 6.45) is 4.82. The third-order valence-corrected chi connectivity index (χ3v) is 4.34. The van der Waals surface area contributed by atoms with Crippen molar-refractivity contribution in [3.05, 3.63) is 82.4 Å². The lowest BCUT2D eigenvalue weighted by molar-refractivity contribution is 0.0653. The van der Waals surface area contributed by atoms with Crippen LogP contribution in [0.5, 0.6) is 5.75 Å². The van der Waals surface area contributed by atoms with E-state index in [1.807, 2.05) is 24.3 Å². The van der Waals surface area contributed by atoms with E-state index < -0.39 is 6.23 Å².